The number of hydrogen-bond donors (Lipinski definition) is 0. The molecule has 2 nitrogen and oxygen atoms in total. The highest BCUT2D eigenvalue weighted by Crippen LogP contribution is 2.28. The summed E-state index contributed by atoms with van der Waals surface area (Å²) in [5.74, 6) is 1.23. The summed E-state index contributed by atoms with van der Waals surface area (Å²) in [5, 5.41) is 0. The zero-order chi connectivity index (χ0) is 13.9. The molecule has 0 aliphatic carbocycles. The van der Waals surface area contributed by atoms with Crippen LogP contribution in [-0.4, -0.2) is 12.9 Å². The molecule has 1 rings (SSSR count). The van der Waals surface area contributed by atoms with Crippen molar-refractivity contribution < 1.29 is 9.53 Å². The van der Waals surface area contributed by atoms with Crippen molar-refractivity contribution in [1.29, 1.82) is 0 Å². The fourth-order valence-electron chi connectivity index (χ4n) is 2.31. The van der Waals surface area contributed by atoms with Gasteiger partial charge in [-0.1, -0.05) is 26.0 Å². The van der Waals surface area contributed by atoms with E-state index in [1.165, 1.54) is 0 Å². The Morgan fingerprint density at radius 3 is 2.28 bits per heavy atom. The minimum absolute atomic E-state index is 0.141. The number of allylic oxidation sites excluding steroid dienone is 2. The summed E-state index contributed by atoms with van der Waals surface area (Å²) in [6.45, 7) is 9.73. The molecule has 0 radical (unpaired) electrons. The zero-order valence-corrected chi connectivity index (χ0v) is 12.1. The molecule has 1 aromatic carbocycles. The van der Waals surface area contributed by atoms with Gasteiger partial charge >= 0.3 is 0 Å². The molecule has 0 unspecified atom stereocenters. The summed E-state index contributed by atoms with van der Waals surface area (Å²) in [5.41, 5.74) is 4.08. The van der Waals surface area contributed by atoms with Crippen LogP contribution in [0.5, 0.6) is 5.75 Å². The molecule has 0 aromatic heterocycles. The molecule has 0 saturated carbocycles. The average Bonchev–Trinajstić information content (AvgIpc) is 2.28. The Balaban J connectivity index is 3.36. The fraction of sp³-hybridized carbons (Fsp3) is 0.438. The van der Waals surface area contributed by atoms with Crippen molar-refractivity contribution in [2.45, 2.75) is 34.6 Å². The Morgan fingerprint density at radius 1 is 1.22 bits per heavy atom. The lowest BCUT2D eigenvalue weighted by Crippen LogP contribution is -2.07. The van der Waals surface area contributed by atoms with Gasteiger partial charge in [-0.15, -0.1) is 0 Å². The van der Waals surface area contributed by atoms with Crippen LogP contribution < -0.4 is 4.74 Å². The van der Waals surface area contributed by atoms with E-state index >= 15 is 0 Å². The van der Waals surface area contributed by atoms with Crippen molar-refractivity contribution in [1.82, 2.24) is 0 Å². The summed E-state index contributed by atoms with van der Waals surface area (Å²) in [4.78, 5) is 11.7. The summed E-state index contributed by atoms with van der Waals surface area (Å²) < 4.78 is 5.33. The number of Topliss-reactive ketones (excluding diaryl/α,β-unsaturated/α-hetero) is 1. The van der Waals surface area contributed by atoms with Gasteiger partial charge in [0.25, 0.3) is 0 Å². The van der Waals surface area contributed by atoms with E-state index in [1.54, 1.807) is 14.0 Å². The van der Waals surface area contributed by atoms with Crippen LogP contribution in [0, 0.1) is 12.8 Å². The van der Waals surface area contributed by atoms with Gasteiger partial charge in [0.05, 0.1) is 7.11 Å². The first kappa shape index (κ1) is 14.5. The average molecular weight is 246 g/mol. The second-order valence-corrected chi connectivity index (χ2v) is 4.93. The van der Waals surface area contributed by atoms with E-state index in [0.29, 0.717) is 0 Å². The quantitative estimate of drug-likeness (QED) is 0.750. The van der Waals surface area contributed by atoms with Crippen molar-refractivity contribution in [3.8, 4) is 5.75 Å². The van der Waals surface area contributed by atoms with Gasteiger partial charge in [0.2, 0.25) is 0 Å². The summed E-state index contributed by atoms with van der Waals surface area (Å²) in [7, 11) is 1.67. The normalized spacial score (nSPS) is 12.4. The van der Waals surface area contributed by atoms with Gasteiger partial charge in [-0.05, 0) is 49.5 Å². The molecule has 2 heteroatoms. The third-order valence-electron chi connectivity index (χ3n) is 3.20. The van der Waals surface area contributed by atoms with E-state index < -0.39 is 0 Å². The highest BCUT2D eigenvalue weighted by atomic mass is 16.5. The van der Waals surface area contributed by atoms with Crippen LogP contribution in [0.3, 0.4) is 0 Å². The second-order valence-electron chi connectivity index (χ2n) is 4.93. The molecule has 0 spiro atoms. The topological polar surface area (TPSA) is 26.3 Å². The van der Waals surface area contributed by atoms with Crippen molar-refractivity contribution in [2.75, 3.05) is 7.11 Å². The first-order valence-corrected chi connectivity index (χ1v) is 6.25. The number of carbonyl (C=O) groups excluding carboxylic acids is 1. The van der Waals surface area contributed by atoms with E-state index in [0.717, 1.165) is 28.0 Å². The van der Waals surface area contributed by atoms with Gasteiger partial charge in [-0.2, -0.15) is 0 Å². The molecular formula is C16H22O2. The van der Waals surface area contributed by atoms with Crippen molar-refractivity contribution in [3.05, 3.63) is 34.9 Å². The minimum atomic E-state index is 0.141. The number of ketones is 1. The first-order valence-electron chi connectivity index (χ1n) is 6.25. The third kappa shape index (κ3) is 3.00. The molecule has 0 amide bonds. The highest BCUT2D eigenvalue weighted by Gasteiger charge is 2.14. The van der Waals surface area contributed by atoms with Crippen LogP contribution in [0.15, 0.2) is 23.8 Å². The number of methoxy groups -OCH3 is 1. The maximum Gasteiger partial charge on any atom is 0.156 e. The van der Waals surface area contributed by atoms with Crippen molar-refractivity contribution in [3.63, 3.8) is 0 Å². The van der Waals surface area contributed by atoms with Crippen LogP contribution >= 0.6 is 0 Å². The fourth-order valence-corrected chi connectivity index (χ4v) is 2.31. The lowest BCUT2D eigenvalue weighted by atomic mass is 9.90. The molecular weight excluding hydrogens is 224 g/mol. The molecule has 0 heterocycles. The van der Waals surface area contributed by atoms with E-state index in [9.17, 15) is 4.79 Å². The van der Waals surface area contributed by atoms with Crippen molar-refractivity contribution >= 4 is 11.4 Å². The monoisotopic (exact) mass is 246 g/mol. The summed E-state index contributed by atoms with van der Waals surface area (Å²) in [6, 6.07) is 6.06. The Morgan fingerprint density at radius 2 is 1.83 bits per heavy atom. The molecule has 0 N–H and O–H groups in total. The Hall–Kier alpha value is -1.57. The number of ether oxygens (including phenoxy) is 1. The molecule has 0 aliphatic heterocycles. The molecule has 18 heavy (non-hydrogen) atoms. The van der Waals surface area contributed by atoms with Crippen LogP contribution in [0.25, 0.3) is 5.57 Å². The number of carbonyl (C=O) groups is 1. The summed E-state index contributed by atoms with van der Waals surface area (Å²) >= 11 is 0. The number of hydrogen-bond acceptors (Lipinski definition) is 2. The minimum Gasteiger partial charge on any atom is -0.496 e. The maximum atomic E-state index is 11.7. The van der Waals surface area contributed by atoms with Gasteiger partial charge in [0.15, 0.2) is 5.78 Å². The van der Waals surface area contributed by atoms with Gasteiger partial charge in [-0.25, -0.2) is 0 Å². The highest BCUT2D eigenvalue weighted by molar-refractivity contribution is 6.01. The number of aryl methyl sites for hydroxylation is 1. The summed E-state index contributed by atoms with van der Waals surface area (Å²) in [6.07, 6.45) is 0. The largest absolute Gasteiger partial charge is 0.496 e. The first-order chi connectivity index (χ1) is 8.38. The number of benzene rings is 1. The molecule has 0 saturated heterocycles. The Bertz CT molecular complexity index is 482. The van der Waals surface area contributed by atoms with Gasteiger partial charge in [-0.3, -0.25) is 4.79 Å². The molecule has 0 fully saturated rings. The van der Waals surface area contributed by atoms with E-state index in [4.69, 9.17) is 4.74 Å². The second kappa shape index (κ2) is 5.85. The third-order valence-corrected chi connectivity index (χ3v) is 3.20. The van der Waals surface area contributed by atoms with Crippen LogP contribution in [-0.2, 0) is 4.79 Å². The van der Waals surface area contributed by atoms with Crippen LogP contribution in [0.1, 0.15) is 38.8 Å². The van der Waals surface area contributed by atoms with Crippen molar-refractivity contribution in [2.24, 2.45) is 5.92 Å². The molecule has 0 aliphatic rings. The van der Waals surface area contributed by atoms with Crippen LogP contribution in [0.4, 0.5) is 0 Å². The van der Waals surface area contributed by atoms with E-state index in [2.05, 4.69) is 0 Å². The van der Waals surface area contributed by atoms with Gasteiger partial charge < -0.3 is 4.74 Å². The molecule has 0 atom stereocenters. The lowest BCUT2D eigenvalue weighted by molar-refractivity contribution is -0.113. The lowest BCUT2D eigenvalue weighted by Gasteiger charge is -2.14. The van der Waals surface area contributed by atoms with Gasteiger partial charge in [0, 0.05) is 5.57 Å². The predicted molar refractivity (Wildman–Crippen MR) is 75.8 cm³/mol. The van der Waals surface area contributed by atoms with Crippen LogP contribution in [0.2, 0.25) is 0 Å². The Labute approximate surface area is 110 Å². The van der Waals surface area contributed by atoms with E-state index in [1.807, 2.05) is 45.9 Å². The van der Waals surface area contributed by atoms with Gasteiger partial charge in [0.1, 0.15) is 5.75 Å². The number of rotatable bonds is 4. The van der Waals surface area contributed by atoms with E-state index in [-0.39, 0.29) is 11.7 Å². The standard InChI is InChI=1S/C16H22O2/c1-10(2)16(13(5)17)12(4)14-8-7-11(3)15(9-14)18-6/h7-10H,1-6H3. The molecule has 1 aromatic rings. The smallest absolute Gasteiger partial charge is 0.156 e. The zero-order valence-electron chi connectivity index (χ0n) is 12.1. The maximum absolute atomic E-state index is 11.7. The molecule has 0 bridgehead atoms. The predicted octanol–water partition coefficient (Wildman–Crippen LogP) is 4.02. The molecule has 98 valence electrons. The SMILES string of the molecule is COc1cc(C(C)=C(C(C)=O)C(C)C)ccc1C. The Kier molecular flexibility index (Phi) is 4.71.